The molecule has 186 valence electrons. The quantitative estimate of drug-likeness (QED) is 0.414. The number of Topliss-reactive ketones (excluding diaryl/α,β-unsaturated/α-hetero) is 1. The van der Waals surface area contributed by atoms with E-state index >= 15 is 0 Å². The molecule has 0 saturated heterocycles. The summed E-state index contributed by atoms with van der Waals surface area (Å²) >= 11 is 6.83. The number of nitrogens with one attached hydrogen (secondary N) is 1. The predicted octanol–water partition coefficient (Wildman–Crippen LogP) is 7.26. The van der Waals surface area contributed by atoms with Crippen LogP contribution >= 0.6 is 11.6 Å². The second-order valence-electron chi connectivity index (χ2n) is 11.0. The van der Waals surface area contributed by atoms with Crippen LogP contribution < -0.4 is 5.32 Å². The summed E-state index contributed by atoms with van der Waals surface area (Å²) in [5, 5.41) is 4.32. The minimum Gasteiger partial charge on any atom is -0.366 e. The van der Waals surface area contributed by atoms with Gasteiger partial charge < -0.3 is 10.2 Å². The Balaban J connectivity index is 1.37. The van der Waals surface area contributed by atoms with Gasteiger partial charge in [0.1, 0.15) is 5.82 Å². The van der Waals surface area contributed by atoms with Crippen LogP contribution in [0.1, 0.15) is 70.2 Å². The molecule has 5 heteroatoms. The van der Waals surface area contributed by atoms with Crippen LogP contribution in [0.5, 0.6) is 0 Å². The number of ketones is 1. The molecule has 1 aliphatic heterocycles. The third kappa shape index (κ3) is 6.16. The van der Waals surface area contributed by atoms with Gasteiger partial charge in [-0.05, 0) is 54.6 Å². The summed E-state index contributed by atoms with van der Waals surface area (Å²) in [6.45, 7) is 9.39. The Bertz CT molecular complexity index is 1060. The maximum atomic E-state index is 13.1. The van der Waals surface area contributed by atoms with Crippen molar-refractivity contribution in [2.45, 2.75) is 71.9 Å². The van der Waals surface area contributed by atoms with E-state index in [9.17, 15) is 4.79 Å². The molecule has 35 heavy (non-hydrogen) atoms. The smallest absolute Gasteiger partial charge is 0.182 e. The molecule has 0 spiro atoms. The van der Waals surface area contributed by atoms with Crippen molar-refractivity contribution in [3.63, 3.8) is 0 Å². The van der Waals surface area contributed by atoms with Crippen molar-refractivity contribution in [1.29, 1.82) is 0 Å². The van der Waals surface area contributed by atoms with Gasteiger partial charge in [0.25, 0.3) is 0 Å². The van der Waals surface area contributed by atoms with E-state index in [4.69, 9.17) is 11.6 Å². The summed E-state index contributed by atoms with van der Waals surface area (Å²) in [7, 11) is 0. The summed E-state index contributed by atoms with van der Waals surface area (Å²) in [5.74, 6) is 1.61. The van der Waals surface area contributed by atoms with E-state index < -0.39 is 0 Å². The van der Waals surface area contributed by atoms with E-state index in [1.807, 2.05) is 47.4 Å². The largest absolute Gasteiger partial charge is 0.366 e. The first-order chi connectivity index (χ1) is 16.8. The van der Waals surface area contributed by atoms with Crippen LogP contribution in [0.25, 0.3) is 11.1 Å². The summed E-state index contributed by atoms with van der Waals surface area (Å²) in [4.78, 5) is 19.7. The number of nitrogens with zero attached hydrogens (tertiary/aromatic N) is 2. The van der Waals surface area contributed by atoms with Gasteiger partial charge in [-0.15, -0.1) is 0 Å². The predicted molar refractivity (Wildman–Crippen MR) is 147 cm³/mol. The Morgan fingerprint density at radius 3 is 2.23 bits per heavy atom. The third-order valence-electron chi connectivity index (χ3n) is 7.57. The molecule has 1 fully saturated rings. The van der Waals surface area contributed by atoms with Gasteiger partial charge in [0.2, 0.25) is 0 Å². The molecular weight excluding hydrogens is 454 g/mol. The number of halogens is 1. The van der Waals surface area contributed by atoms with Crippen LogP contribution in [0.15, 0.2) is 70.4 Å². The molecule has 4 nitrogen and oxygen atoms in total. The molecule has 1 unspecified atom stereocenters. The number of rotatable bonds is 7. The number of carbonyl (C=O) groups is 1. The van der Waals surface area contributed by atoms with E-state index in [1.54, 1.807) is 6.34 Å². The van der Waals surface area contributed by atoms with Gasteiger partial charge >= 0.3 is 0 Å². The SMILES string of the molecule is CCC1C(Cl)=C(NC2CCC(C(C)(C)C)CC2)N=CN1CC(=O)c1ccc(-c2ccccc2)cc1. The van der Waals surface area contributed by atoms with Gasteiger partial charge in [-0.2, -0.15) is 0 Å². The normalized spacial score (nSPS) is 22.9. The van der Waals surface area contributed by atoms with Crippen LogP contribution in [0, 0.1) is 11.3 Å². The molecule has 4 rings (SSSR count). The molecule has 0 aromatic heterocycles. The lowest BCUT2D eigenvalue weighted by molar-refractivity contribution is 0.0954. The van der Waals surface area contributed by atoms with Crippen molar-refractivity contribution < 1.29 is 4.79 Å². The van der Waals surface area contributed by atoms with Crippen LogP contribution in [-0.2, 0) is 0 Å². The Morgan fingerprint density at radius 1 is 1.00 bits per heavy atom. The minimum absolute atomic E-state index is 0.0462. The number of hydrogen-bond acceptors (Lipinski definition) is 4. The van der Waals surface area contributed by atoms with Crippen LogP contribution in [0.3, 0.4) is 0 Å². The van der Waals surface area contributed by atoms with E-state index in [0.29, 0.717) is 22.1 Å². The van der Waals surface area contributed by atoms with Crippen molar-refractivity contribution in [3.8, 4) is 11.1 Å². The average Bonchev–Trinajstić information content (AvgIpc) is 2.86. The Labute approximate surface area is 215 Å². The molecule has 0 radical (unpaired) electrons. The lowest BCUT2D eigenvalue weighted by Gasteiger charge is -2.38. The van der Waals surface area contributed by atoms with E-state index in [-0.39, 0.29) is 18.4 Å². The molecule has 2 aliphatic rings. The molecular formula is C30H38ClN3O. The minimum atomic E-state index is -0.0462. The summed E-state index contributed by atoms with van der Waals surface area (Å²) in [6, 6.07) is 18.4. The van der Waals surface area contributed by atoms with Crippen LogP contribution in [0.4, 0.5) is 0 Å². The standard InChI is InChI=1S/C30H38ClN3O/c1-5-26-28(31)29(33-25-17-15-24(16-18-25)30(2,3)4)32-20-34(26)19-27(35)23-13-11-22(12-14-23)21-9-7-6-8-10-21/h6-14,20,24-26,33H,5,15-19H2,1-4H3. The van der Waals surface area contributed by atoms with Crippen molar-refractivity contribution >= 4 is 23.7 Å². The average molecular weight is 492 g/mol. The second-order valence-corrected chi connectivity index (χ2v) is 11.4. The van der Waals surface area contributed by atoms with Crippen LogP contribution in [0.2, 0.25) is 0 Å². The Hall–Kier alpha value is -2.59. The molecule has 1 aliphatic carbocycles. The van der Waals surface area contributed by atoms with Gasteiger partial charge in [0.05, 0.1) is 24.0 Å². The van der Waals surface area contributed by atoms with E-state index in [2.05, 4.69) is 50.1 Å². The molecule has 1 atom stereocenters. The van der Waals surface area contributed by atoms with Gasteiger partial charge in [-0.3, -0.25) is 4.79 Å². The zero-order valence-electron chi connectivity index (χ0n) is 21.4. The summed E-state index contributed by atoms with van der Waals surface area (Å²) < 4.78 is 0. The first-order valence-corrected chi connectivity index (χ1v) is 13.3. The van der Waals surface area contributed by atoms with Crippen molar-refractivity contribution in [2.75, 3.05) is 6.54 Å². The first-order valence-electron chi connectivity index (χ1n) is 12.9. The number of benzene rings is 2. The Kier molecular flexibility index (Phi) is 8.01. The fourth-order valence-electron chi connectivity index (χ4n) is 5.28. The maximum absolute atomic E-state index is 13.1. The second kappa shape index (κ2) is 11.0. The zero-order chi connectivity index (χ0) is 25.0. The highest BCUT2D eigenvalue weighted by molar-refractivity contribution is 6.31. The van der Waals surface area contributed by atoms with Crippen molar-refractivity contribution in [3.05, 3.63) is 71.0 Å². The van der Waals surface area contributed by atoms with Gasteiger partial charge in [0, 0.05) is 11.6 Å². The highest BCUT2D eigenvalue weighted by Gasteiger charge is 2.32. The van der Waals surface area contributed by atoms with E-state index in [1.165, 1.54) is 12.8 Å². The highest BCUT2D eigenvalue weighted by Crippen LogP contribution is 2.38. The molecule has 1 heterocycles. The molecule has 2 aromatic carbocycles. The third-order valence-corrected chi connectivity index (χ3v) is 8.00. The summed E-state index contributed by atoms with van der Waals surface area (Å²) in [6.07, 6.45) is 7.35. The Morgan fingerprint density at radius 2 is 1.63 bits per heavy atom. The summed E-state index contributed by atoms with van der Waals surface area (Å²) in [5.41, 5.74) is 3.32. The number of aliphatic imine (C=N–C) groups is 1. The van der Waals surface area contributed by atoms with Gasteiger partial charge in [-0.25, -0.2) is 4.99 Å². The zero-order valence-corrected chi connectivity index (χ0v) is 22.2. The van der Waals surface area contributed by atoms with E-state index in [0.717, 1.165) is 42.1 Å². The van der Waals surface area contributed by atoms with Gasteiger partial charge in [0.15, 0.2) is 5.78 Å². The molecule has 0 bridgehead atoms. The van der Waals surface area contributed by atoms with Crippen molar-refractivity contribution in [2.24, 2.45) is 16.3 Å². The molecule has 0 amide bonds. The van der Waals surface area contributed by atoms with Crippen LogP contribution in [-0.4, -0.2) is 35.7 Å². The van der Waals surface area contributed by atoms with Gasteiger partial charge in [-0.1, -0.05) is 93.9 Å². The molecule has 1 N–H and O–H groups in total. The maximum Gasteiger partial charge on any atom is 0.182 e. The molecule has 2 aromatic rings. The topological polar surface area (TPSA) is 44.7 Å². The molecule has 1 saturated carbocycles. The lowest BCUT2D eigenvalue weighted by Crippen LogP contribution is -2.43. The van der Waals surface area contributed by atoms with Crippen molar-refractivity contribution in [1.82, 2.24) is 10.2 Å². The fraction of sp³-hybridized carbons (Fsp3) is 0.467. The highest BCUT2D eigenvalue weighted by atomic mass is 35.5. The number of carbonyl (C=O) groups excluding carboxylic acids is 1. The number of hydrogen-bond donors (Lipinski definition) is 1. The lowest BCUT2D eigenvalue weighted by atomic mass is 9.71. The first kappa shape index (κ1) is 25.5. The fourth-order valence-corrected chi connectivity index (χ4v) is 5.66. The monoisotopic (exact) mass is 491 g/mol.